The van der Waals surface area contributed by atoms with E-state index in [1.54, 1.807) is 6.20 Å². The Labute approximate surface area is 123 Å². The van der Waals surface area contributed by atoms with Gasteiger partial charge in [0.25, 0.3) is 0 Å². The van der Waals surface area contributed by atoms with Gasteiger partial charge in [0.2, 0.25) is 5.91 Å². The lowest BCUT2D eigenvalue weighted by molar-refractivity contribution is -0.116. The van der Waals surface area contributed by atoms with Crippen LogP contribution in [-0.4, -0.2) is 17.9 Å². The molecule has 5 heteroatoms. The minimum absolute atomic E-state index is 0.0540. The number of fused-ring (bicyclic) bond motifs is 1. The van der Waals surface area contributed by atoms with E-state index < -0.39 is 0 Å². The second-order valence-electron chi connectivity index (χ2n) is 5.33. The van der Waals surface area contributed by atoms with Gasteiger partial charge < -0.3 is 16.0 Å². The van der Waals surface area contributed by atoms with Crippen LogP contribution in [0.4, 0.5) is 17.1 Å². The summed E-state index contributed by atoms with van der Waals surface area (Å²) in [6.45, 7) is 0.739. The SMILES string of the molecule is CN(Cc1cccnc1)c1cc2c(cc1N)NC(=O)CC2. The molecule has 1 aliphatic heterocycles. The quantitative estimate of drug-likeness (QED) is 0.846. The smallest absolute Gasteiger partial charge is 0.224 e. The van der Waals surface area contributed by atoms with Crippen LogP contribution in [0, 0.1) is 0 Å². The van der Waals surface area contributed by atoms with Gasteiger partial charge >= 0.3 is 0 Å². The van der Waals surface area contributed by atoms with Gasteiger partial charge in [0.05, 0.1) is 11.4 Å². The summed E-state index contributed by atoms with van der Waals surface area (Å²) in [5, 5.41) is 2.87. The number of carbonyl (C=O) groups is 1. The molecule has 3 rings (SSSR count). The van der Waals surface area contributed by atoms with Gasteiger partial charge in [-0.2, -0.15) is 0 Å². The van der Waals surface area contributed by atoms with Crippen molar-refractivity contribution in [2.24, 2.45) is 0 Å². The first-order chi connectivity index (χ1) is 10.1. The number of hydrogen-bond donors (Lipinski definition) is 2. The zero-order chi connectivity index (χ0) is 14.8. The first kappa shape index (κ1) is 13.4. The third-order valence-corrected chi connectivity index (χ3v) is 3.70. The van der Waals surface area contributed by atoms with Crippen LogP contribution < -0.4 is 16.0 Å². The summed E-state index contributed by atoms with van der Waals surface area (Å²) in [5.74, 6) is 0.0540. The summed E-state index contributed by atoms with van der Waals surface area (Å²) >= 11 is 0. The van der Waals surface area contributed by atoms with E-state index in [-0.39, 0.29) is 5.91 Å². The normalized spacial score (nSPS) is 13.5. The second-order valence-corrected chi connectivity index (χ2v) is 5.33. The fraction of sp³-hybridized carbons (Fsp3) is 0.250. The number of nitrogens with zero attached hydrogens (tertiary/aromatic N) is 2. The van der Waals surface area contributed by atoms with Crippen molar-refractivity contribution < 1.29 is 4.79 Å². The topological polar surface area (TPSA) is 71.2 Å². The number of aryl methyl sites for hydroxylation is 1. The van der Waals surface area contributed by atoms with Gasteiger partial charge in [-0.05, 0) is 35.7 Å². The van der Waals surface area contributed by atoms with E-state index in [1.165, 1.54) is 0 Å². The van der Waals surface area contributed by atoms with Crippen molar-refractivity contribution >= 4 is 23.0 Å². The highest BCUT2D eigenvalue weighted by atomic mass is 16.1. The van der Waals surface area contributed by atoms with Crippen LogP contribution >= 0.6 is 0 Å². The Balaban J connectivity index is 1.86. The standard InChI is InChI=1S/C16H18N4O/c1-20(10-11-3-2-6-18-9-11)15-7-12-4-5-16(21)19-14(12)8-13(15)17/h2-3,6-9H,4-5,10,17H2,1H3,(H,19,21). The molecular formula is C16H18N4O. The number of nitrogens with two attached hydrogens (primary N) is 1. The second kappa shape index (κ2) is 5.44. The third kappa shape index (κ3) is 2.81. The highest BCUT2D eigenvalue weighted by molar-refractivity contribution is 5.95. The minimum Gasteiger partial charge on any atom is -0.397 e. The van der Waals surface area contributed by atoms with Gasteiger partial charge in [-0.15, -0.1) is 0 Å². The predicted octanol–water partition coefficient (Wildman–Crippen LogP) is 2.18. The number of hydrogen-bond acceptors (Lipinski definition) is 4. The van der Waals surface area contributed by atoms with Crippen molar-refractivity contribution in [1.82, 2.24) is 4.98 Å². The molecule has 2 heterocycles. The molecule has 0 saturated carbocycles. The molecular weight excluding hydrogens is 264 g/mol. The molecule has 2 aromatic rings. The lowest BCUT2D eigenvalue weighted by atomic mass is 10.0. The van der Waals surface area contributed by atoms with Gasteiger partial charge in [0.1, 0.15) is 0 Å². The molecule has 108 valence electrons. The van der Waals surface area contributed by atoms with Crippen LogP contribution in [0.2, 0.25) is 0 Å². The number of rotatable bonds is 3. The zero-order valence-corrected chi connectivity index (χ0v) is 12.0. The molecule has 3 N–H and O–H groups in total. The summed E-state index contributed by atoms with van der Waals surface area (Å²) in [4.78, 5) is 17.7. The van der Waals surface area contributed by atoms with Crippen molar-refractivity contribution in [2.75, 3.05) is 23.0 Å². The Morgan fingerprint density at radius 3 is 3.00 bits per heavy atom. The molecule has 0 aliphatic carbocycles. The molecule has 5 nitrogen and oxygen atoms in total. The average molecular weight is 282 g/mol. The van der Waals surface area contributed by atoms with E-state index in [0.29, 0.717) is 12.1 Å². The maximum Gasteiger partial charge on any atom is 0.224 e. The van der Waals surface area contributed by atoms with Gasteiger partial charge in [0.15, 0.2) is 0 Å². The van der Waals surface area contributed by atoms with Crippen molar-refractivity contribution in [2.45, 2.75) is 19.4 Å². The molecule has 0 saturated heterocycles. The largest absolute Gasteiger partial charge is 0.397 e. The number of nitrogens with one attached hydrogen (secondary N) is 1. The maximum absolute atomic E-state index is 11.4. The Morgan fingerprint density at radius 1 is 1.38 bits per heavy atom. The molecule has 0 bridgehead atoms. The van der Waals surface area contributed by atoms with Crippen LogP contribution in [0.5, 0.6) is 0 Å². The molecule has 0 spiro atoms. The fourth-order valence-electron chi connectivity index (χ4n) is 2.61. The van der Waals surface area contributed by atoms with Gasteiger partial charge in [-0.25, -0.2) is 0 Å². The van der Waals surface area contributed by atoms with E-state index in [4.69, 9.17) is 5.73 Å². The summed E-state index contributed by atoms with van der Waals surface area (Å²) in [6, 6.07) is 7.88. The molecule has 1 aromatic heterocycles. The Morgan fingerprint density at radius 2 is 2.24 bits per heavy atom. The van der Waals surface area contributed by atoms with Crippen LogP contribution in [0.1, 0.15) is 17.5 Å². The number of anilines is 3. The fourth-order valence-corrected chi connectivity index (χ4v) is 2.61. The summed E-state index contributed by atoms with van der Waals surface area (Å²) in [6.07, 6.45) is 4.91. The molecule has 21 heavy (non-hydrogen) atoms. The Kier molecular flexibility index (Phi) is 3.48. The van der Waals surface area contributed by atoms with Crippen molar-refractivity contribution in [3.63, 3.8) is 0 Å². The number of pyridine rings is 1. The van der Waals surface area contributed by atoms with Gasteiger partial charge in [0, 0.05) is 38.1 Å². The van der Waals surface area contributed by atoms with Crippen LogP contribution in [0.25, 0.3) is 0 Å². The molecule has 0 unspecified atom stereocenters. The van der Waals surface area contributed by atoms with Gasteiger partial charge in [-0.3, -0.25) is 9.78 Å². The molecule has 1 aromatic carbocycles. The number of nitrogen functional groups attached to an aromatic ring is 1. The van der Waals surface area contributed by atoms with Crippen molar-refractivity contribution in [1.29, 1.82) is 0 Å². The summed E-state index contributed by atoms with van der Waals surface area (Å²) in [5.41, 5.74) is 10.9. The number of aromatic nitrogens is 1. The van der Waals surface area contributed by atoms with Crippen molar-refractivity contribution in [3.8, 4) is 0 Å². The molecule has 0 radical (unpaired) electrons. The average Bonchev–Trinajstić information content (AvgIpc) is 2.47. The summed E-state index contributed by atoms with van der Waals surface area (Å²) in [7, 11) is 2.01. The van der Waals surface area contributed by atoms with Crippen LogP contribution in [0.3, 0.4) is 0 Å². The van der Waals surface area contributed by atoms with Crippen molar-refractivity contribution in [3.05, 3.63) is 47.8 Å². The third-order valence-electron chi connectivity index (χ3n) is 3.70. The summed E-state index contributed by atoms with van der Waals surface area (Å²) < 4.78 is 0. The number of amides is 1. The molecule has 1 aliphatic rings. The number of carbonyl (C=O) groups excluding carboxylic acids is 1. The number of benzene rings is 1. The lowest BCUT2D eigenvalue weighted by Crippen LogP contribution is -2.22. The first-order valence-electron chi connectivity index (χ1n) is 6.96. The molecule has 0 fully saturated rings. The van der Waals surface area contributed by atoms with Gasteiger partial charge in [-0.1, -0.05) is 6.07 Å². The lowest BCUT2D eigenvalue weighted by Gasteiger charge is -2.25. The highest BCUT2D eigenvalue weighted by Crippen LogP contribution is 2.33. The van der Waals surface area contributed by atoms with Crippen LogP contribution in [0.15, 0.2) is 36.7 Å². The monoisotopic (exact) mass is 282 g/mol. The minimum atomic E-state index is 0.0540. The predicted molar refractivity (Wildman–Crippen MR) is 84.1 cm³/mol. The first-order valence-corrected chi connectivity index (χ1v) is 6.96. The van der Waals surface area contributed by atoms with E-state index in [1.807, 2.05) is 31.4 Å². The highest BCUT2D eigenvalue weighted by Gasteiger charge is 2.18. The van der Waals surface area contributed by atoms with E-state index >= 15 is 0 Å². The Hall–Kier alpha value is -2.56. The Bertz CT molecular complexity index is 669. The van der Waals surface area contributed by atoms with E-state index in [9.17, 15) is 4.79 Å². The van der Waals surface area contributed by atoms with E-state index in [0.717, 1.165) is 35.5 Å². The zero-order valence-electron chi connectivity index (χ0n) is 12.0. The van der Waals surface area contributed by atoms with E-state index in [2.05, 4.69) is 21.3 Å². The maximum atomic E-state index is 11.4. The van der Waals surface area contributed by atoms with Crippen LogP contribution in [-0.2, 0) is 17.8 Å². The molecule has 0 atom stereocenters. The molecule has 1 amide bonds.